The fourth-order valence-corrected chi connectivity index (χ4v) is 4.45. The molecule has 1 saturated heterocycles. The maximum Gasteiger partial charge on any atom is 0.253 e. The summed E-state index contributed by atoms with van der Waals surface area (Å²) in [6.45, 7) is 3.78. The molecule has 0 spiro atoms. The van der Waals surface area contributed by atoms with Crippen molar-refractivity contribution >= 4 is 29.1 Å². The number of hydrogen-bond acceptors (Lipinski definition) is 5. The second-order valence-corrected chi connectivity index (χ2v) is 9.42. The number of hydrogen-bond donors (Lipinski definition) is 0. The van der Waals surface area contributed by atoms with Gasteiger partial charge in [-0.3, -0.25) is 9.69 Å². The molecule has 1 amide bonds. The van der Waals surface area contributed by atoms with Gasteiger partial charge in [0.05, 0.1) is 41.5 Å². The third-order valence-electron chi connectivity index (χ3n) is 6.25. The van der Waals surface area contributed by atoms with Crippen molar-refractivity contribution in [1.82, 2.24) is 9.80 Å². The Kier molecular flexibility index (Phi) is 8.84. The SMILES string of the molecule is COc1cccc(C(CN2CCN(C(=O)c3ccc(Cl)c(Cl)c3)CC2)OCc2ccc(C#N)cc2)c1. The van der Waals surface area contributed by atoms with E-state index in [0.717, 1.165) is 30.0 Å². The third-order valence-corrected chi connectivity index (χ3v) is 6.99. The molecule has 1 heterocycles. The molecule has 0 N–H and O–H groups in total. The number of nitrogens with zero attached hydrogens (tertiary/aromatic N) is 3. The molecule has 3 aromatic rings. The lowest BCUT2D eigenvalue weighted by molar-refractivity contribution is 0.00333. The van der Waals surface area contributed by atoms with Crippen LogP contribution in [-0.2, 0) is 11.3 Å². The van der Waals surface area contributed by atoms with Gasteiger partial charge in [0, 0.05) is 38.3 Å². The van der Waals surface area contributed by atoms with Gasteiger partial charge in [-0.05, 0) is 53.6 Å². The molecule has 0 radical (unpaired) electrons. The van der Waals surface area contributed by atoms with Crippen molar-refractivity contribution in [3.63, 3.8) is 0 Å². The van der Waals surface area contributed by atoms with Crippen LogP contribution in [0.4, 0.5) is 0 Å². The van der Waals surface area contributed by atoms with Crippen molar-refractivity contribution in [2.45, 2.75) is 12.7 Å². The lowest BCUT2D eigenvalue weighted by Crippen LogP contribution is -2.49. The first kappa shape index (κ1) is 26.0. The summed E-state index contributed by atoms with van der Waals surface area (Å²) >= 11 is 12.1. The lowest BCUT2D eigenvalue weighted by Gasteiger charge is -2.36. The highest BCUT2D eigenvalue weighted by Crippen LogP contribution is 2.26. The van der Waals surface area contributed by atoms with Crippen LogP contribution in [0.15, 0.2) is 66.7 Å². The summed E-state index contributed by atoms with van der Waals surface area (Å²) in [4.78, 5) is 17.1. The highest BCUT2D eigenvalue weighted by atomic mass is 35.5. The van der Waals surface area contributed by atoms with Gasteiger partial charge in [-0.2, -0.15) is 5.26 Å². The predicted molar refractivity (Wildman–Crippen MR) is 140 cm³/mol. The van der Waals surface area contributed by atoms with Crippen LogP contribution in [0.1, 0.15) is 33.2 Å². The van der Waals surface area contributed by atoms with Crippen LogP contribution >= 0.6 is 23.2 Å². The predicted octanol–water partition coefficient (Wildman–Crippen LogP) is 5.59. The van der Waals surface area contributed by atoms with Crippen LogP contribution < -0.4 is 4.74 Å². The molecule has 186 valence electrons. The molecule has 0 saturated carbocycles. The quantitative estimate of drug-likeness (QED) is 0.385. The molecule has 4 rings (SSSR count). The van der Waals surface area contributed by atoms with E-state index in [2.05, 4.69) is 11.0 Å². The summed E-state index contributed by atoms with van der Waals surface area (Å²) in [5, 5.41) is 9.84. The van der Waals surface area contributed by atoms with Gasteiger partial charge in [-0.25, -0.2) is 0 Å². The topological polar surface area (TPSA) is 65.8 Å². The van der Waals surface area contributed by atoms with E-state index in [1.54, 1.807) is 37.4 Å². The second-order valence-electron chi connectivity index (χ2n) is 8.61. The van der Waals surface area contributed by atoms with Crippen molar-refractivity contribution in [3.8, 4) is 11.8 Å². The standard InChI is InChI=1S/C28H27Cl2N3O3/c1-35-24-4-2-3-22(15-24)27(36-19-21-7-5-20(17-31)6-8-21)18-32-11-13-33(14-12-32)28(34)23-9-10-25(29)26(30)16-23/h2-10,15-16,27H,11-14,18-19H2,1H3. The molecule has 1 aliphatic heterocycles. The number of nitriles is 1. The van der Waals surface area contributed by atoms with Crippen molar-refractivity contribution in [1.29, 1.82) is 5.26 Å². The van der Waals surface area contributed by atoms with Gasteiger partial charge in [-0.15, -0.1) is 0 Å². The maximum absolute atomic E-state index is 12.9. The molecule has 1 aliphatic rings. The van der Waals surface area contributed by atoms with Gasteiger partial charge in [0.15, 0.2) is 0 Å². The average Bonchev–Trinajstić information content (AvgIpc) is 2.92. The number of piperazine rings is 1. The fraction of sp³-hybridized carbons (Fsp3) is 0.286. The number of amides is 1. The summed E-state index contributed by atoms with van der Waals surface area (Å²) in [5.74, 6) is 0.728. The number of methoxy groups -OCH3 is 1. The number of rotatable bonds is 8. The molecule has 1 atom stereocenters. The van der Waals surface area contributed by atoms with E-state index in [1.807, 2.05) is 41.3 Å². The zero-order chi connectivity index (χ0) is 25.5. The van der Waals surface area contributed by atoms with Gasteiger partial charge < -0.3 is 14.4 Å². The normalized spacial score (nSPS) is 14.8. The van der Waals surface area contributed by atoms with Crippen molar-refractivity contribution in [3.05, 3.63) is 99.0 Å². The summed E-state index contributed by atoms with van der Waals surface area (Å²) in [6.07, 6.45) is -0.187. The van der Waals surface area contributed by atoms with E-state index in [1.165, 1.54) is 0 Å². The Labute approximate surface area is 221 Å². The molecule has 36 heavy (non-hydrogen) atoms. The van der Waals surface area contributed by atoms with Gasteiger partial charge >= 0.3 is 0 Å². The Morgan fingerprint density at radius 2 is 1.75 bits per heavy atom. The molecule has 0 aromatic heterocycles. The summed E-state index contributed by atoms with van der Waals surface area (Å²) < 4.78 is 11.8. The van der Waals surface area contributed by atoms with Gasteiger partial charge in [0.2, 0.25) is 0 Å². The smallest absolute Gasteiger partial charge is 0.253 e. The molecule has 1 unspecified atom stereocenters. The minimum Gasteiger partial charge on any atom is -0.497 e. The zero-order valence-electron chi connectivity index (χ0n) is 20.0. The van der Waals surface area contributed by atoms with E-state index < -0.39 is 0 Å². The molecular formula is C28H27Cl2N3O3. The highest BCUT2D eigenvalue weighted by Gasteiger charge is 2.25. The lowest BCUT2D eigenvalue weighted by atomic mass is 10.1. The van der Waals surface area contributed by atoms with E-state index in [-0.39, 0.29) is 12.0 Å². The number of ether oxygens (including phenoxy) is 2. The average molecular weight is 524 g/mol. The van der Waals surface area contributed by atoms with Gasteiger partial charge in [0.1, 0.15) is 5.75 Å². The molecule has 3 aromatic carbocycles. The molecule has 0 aliphatic carbocycles. The van der Waals surface area contributed by atoms with Crippen molar-refractivity contribution < 1.29 is 14.3 Å². The molecule has 8 heteroatoms. The Morgan fingerprint density at radius 3 is 2.42 bits per heavy atom. The highest BCUT2D eigenvalue weighted by molar-refractivity contribution is 6.42. The summed E-state index contributed by atoms with van der Waals surface area (Å²) in [7, 11) is 1.65. The Morgan fingerprint density at radius 1 is 1.00 bits per heavy atom. The first-order valence-electron chi connectivity index (χ1n) is 11.7. The molecule has 1 fully saturated rings. The monoisotopic (exact) mass is 523 g/mol. The Balaban J connectivity index is 1.41. The molecule has 0 bridgehead atoms. The van der Waals surface area contributed by atoms with Crippen LogP contribution in [0.2, 0.25) is 10.0 Å². The minimum atomic E-state index is -0.187. The Hall–Kier alpha value is -3.08. The van der Waals surface area contributed by atoms with Crippen molar-refractivity contribution in [2.24, 2.45) is 0 Å². The maximum atomic E-state index is 12.9. The van der Waals surface area contributed by atoms with E-state index in [0.29, 0.717) is 47.4 Å². The number of carbonyl (C=O) groups excluding carboxylic acids is 1. The number of carbonyl (C=O) groups is 1. The summed E-state index contributed by atoms with van der Waals surface area (Å²) in [6, 6.07) is 22.4. The van der Waals surface area contributed by atoms with E-state index >= 15 is 0 Å². The third kappa shape index (κ3) is 6.57. The van der Waals surface area contributed by atoms with Crippen molar-refractivity contribution in [2.75, 3.05) is 39.8 Å². The van der Waals surface area contributed by atoms with Gasteiger partial charge in [-0.1, -0.05) is 47.5 Å². The van der Waals surface area contributed by atoms with Crippen LogP contribution in [0, 0.1) is 11.3 Å². The largest absolute Gasteiger partial charge is 0.497 e. The second kappa shape index (κ2) is 12.2. The van der Waals surface area contributed by atoms with Crippen LogP contribution in [-0.4, -0.2) is 55.5 Å². The first-order valence-corrected chi connectivity index (χ1v) is 12.4. The zero-order valence-corrected chi connectivity index (χ0v) is 21.5. The fourth-order valence-electron chi connectivity index (χ4n) is 4.15. The van der Waals surface area contributed by atoms with Crippen LogP contribution in [0.5, 0.6) is 5.75 Å². The van der Waals surface area contributed by atoms with Gasteiger partial charge in [0.25, 0.3) is 5.91 Å². The Bertz CT molecular complexity index is 1240. The molecular weight excluding hydrogens is 497 g/mol. The molecule has 6 nitrogen and oxygen atoms in total. The number of benzene rings is 3. The summed E-state index contributed by atoms with van der Waals surface area (Å²) in [5.41, 5.74) is 3.19. The first-order chi connectivity index (χ1) is 17.5. The van der Waals surface area contributed by atoms with E-state index in [4.69, 9.17) is 37.9 Å². The number of halogens is 2. The van der Waals surface area contributed by atoms with Crippen LogP contribution in [0.25, 0.3) is 0 Å². The minimum absolute atomic E-state index is 0.0466. The van der Waals surface area contributed by atoms with Crippen LogP contribution in [0.3, 0.4) is 0 Å². The van der Waals surface area contributed by atoms with E-state index in [9.17, 15) is 4.79 Å².